The molecule has 38 heavy (non-hydrogen) atoms. The maximum atomic E-state index is 13.0. The fourth-order valence-corrected chi connectivity index (χ4v) is 3.72. The molecule has 0 aliphatic carbocycles. The van der Waals surface area contributed by atoms with Crippen molar-refractivity contribution in [2.24, 2.45) is 0 Å². The molecule has 1 atom stereocenters. The molecule has 1 unspecified atom stereocenters. The molecular weight excluding hydrogens is 510 g/mol. The molecule has 0 spiro atoms. The molecule has 8 nitrogen and oxygen atoms in total. The van der Waals surface area contributed by atoms with E-state index in [0.717, 1.165) is 11.6 Å². The summed E-state index contributed by atoms with van der Waals surface area (Å²) in [6.07, 6.45) is 5.15. The first-order valence-corrected chi connectivity index (χ1v) is 11.1. The Labute approximate surface area is 213 Å². The summed E-state index contributed by atoms with van der Waals surface area (Å²) in [5.74, 6) is -0.931. The predicted molar refractivity (Wildman–Crippen MR) is 127 cm³/mol. The van der Waals surface area contributed by atoms with E-state index < -0.39 is 35.6 Å². The van der Waals surface area contributed by atoms with Gasteiger partial charge in [0.1, 0.15) is 5.75 Å². The Balaban J connectivity index is 1.64. The van der Waals surface area contributed by atoms with Crippen LogP contribution in [-0.2, 0) is 6.42 Å². The van der Waals surface area contributed by atoms with Gasteiger partial charge in [-0.3, -0.25) is 15.1 Å². The fraction of sp³-hybridized carbons (Fsp3) is 0.154. The molecule has 0 radical (unpaired) electrons. The summed E-state index contributed by atoms with van der Waals surface area (Å²) in [5, 5.41) is 10.8. The number of nitro groups is 1. The third-order valence-electron chi connectivity index (χ3n) is 5.42. The highest BCUT2D eigenvalue weighted by Crippen LogP contribution is 2.37. The SMILES string of the molecule is O=[N+]([O-])c1ccc(Oc2ccc(C(Cc3ccncc3)c3ccc(OC(F)F)c(OC(F)F)c3)cn2)cc1. The second-order valence-corrected chi connectivity index (χ2v) is 7.86. The fourth-order valence-electron chi connectivity index (χ4n) is 3.72. The predicted octanol–water partition coefficient (Wildman–Crippen LogP) is 6.75. The van der Waals surface area contributed by atoms with Crippen LogP contribution < -0.4 is 14.2 Å². The van der Waals surface area contributed by atoms with Gasteiger partial charge >= 0.3 is 13.2 Å². The maximum Gasteiger partial charge on any atom is 0.387 e. The van der Waals surface area contributed by atoms with Gasteiger partial charge in [-0.1, -0.05) is 12.1 Å². The van der Waals surface area contributed by atoms with E-state index in [1.807, 2.05) is 0 Å². The summed E-state index contributed by atoms with van der Waals surface area (Å²) in [6.45, 7) is -6.47. The van der Waals surface area contributed by atoms with Crippen LogP contribution in [0.2, 0.25) is 0 Å². The number of hydrogen-bond acceptors (Lipinski definition) is 7. The summed E-state index contributed by atoms with van der Waals surface area (Å²) < 4.78 is 66.0. The van der Waals surface area contributed by atoms with Gasteiger partial charge in [-0.05, 0) is 59.5 Å². The van der Waals surface area contributed by atoms with Crippen LogP contribution in [0.15, 0.2) is 85.3 Å². The lowest BCUT2D eigenvalue weighted by molar-refractivity contribution is -0.384. The van der Waals surface area contributed by atoms with Gasteiger partial charge in [0.15, 0.2) is 11.5 Å². The second kappa shape index (κ2) is 12.0. The number of benzene rings is 2. The van der Waals surface area contributed by atoms with Gasteiger partial charge in [0.2, 0.25) is 5.88 Å². The van der Waals surface area contributed by atoms with Gasteiger partial charge in [0.25, 0.3) is 5.69 Å². The summed E-state index contributed by atoms with van der Waals surface area (Å²) in [5.41, 5.74) is 1.95. The number of aromatic nitrogens is 2. The van der Waals surface area contributed by atoms with Crippen LogP contribution in [0.4, 0.5) is 23.2 Å². The lowest BCUT2D eigenvalue weighted by Crippen LogP contribution is -2.10. The number of rotatable bonds is 11. The molecule has 0 saturated heterocycles. The van der Waals surface area contributed by atoms with Crippen LogP contribution in [0.3, 0.4) is 0 Å². The Bertz CT molecular complexity index is 1360. The summed E-state index contributed by atoms with van der Waals surface area (Å²) in [4.78, 5) is 18.6. The standard InChI is InChI=1S/C26H19F4N3O5/c27-25(28)37-22-7-1-17(14-23(22)38-26(29)30)21(13-16-9-11-31-12-10-16)18-2-8-24(32-15-18)36-20-5-3-19(4-6-20)33(34)35/h1-12,14-15,21,25-26H,13H2. The zero-order valence-electron chi connectivity index (χ0n) is 19.4. The van der Waals surface area contributed by atoms with Crippen molar-refractivity contribution >= 4 is 5.69 Å². The number of nitrogens with zero attached hydrogens (tertiary/aromatic N) is 3. The number of hydrogen-bond donors (Lipinski definition) is 0. The highest BCUT2D eigenvalue weighted by atomic mass is 19.3. The lowest BCUT2D eigenvalue weighted by atomic mass is 9.87. The lowest BCUT2D eigenvalue weighted by Gasteiger charge is -2.20. The van der Waals surface area contributed by atoms with E-state index in [9.17, 15) is 27.7 Å². The summed E-state index contributed by atoms with van der Waals surface area (Å²) >= 11 is 0. The third-order valence-corrected chi connectivity index (χ3v) is 5.42. The van der Waals surface area contributed by atoms with Gasteiger partial charge < -0.3 is 14.2 Å². The van der Waals surface area contributed by atoms with Crippen molar-refractivity contribution in [1.82, 2.24) is 9.97 Å². The van der Waals surface area contributed by atoms with E-state index in [2.05, 4.69) is 19.4 Å². The van der Waals surface area contributed by atoms with Crippen LogP contribution in [0.1, 0.15) is 22.6 Å². The number of non-ortho nitro benzene ring substituents is 1. The van der Waals surface area contributed by atoms with E-state index in [4.69, 9.17) is 4.74 Å². The van der Waals surface area contributed by atoms with E-state index in [1.165, 1.54) is 42.6 Å². The Kier molecular flexibility index (Phi) is 8.31. The maximum absolute atomic E-state index is 13.0. The molecule has 2 heterocycles. The molecule has 2 aromatic heterocycles. The van der Waals surface area contributed by atoms with Crippen molar-refractivity contribution in [2.75, 3.05) is 0 Å². The molecule has 0 aliphatic heterocycles. The third kappa shape index (κ3) is 6.93. The molecular formula is C26H19F4N3O5. The molecule has 0 bridgehead atoms. The Hall–Kier alpha value is -4.74. The van der Waals surface area contributed by atoms with Gasteiger partial charge in [0.05, 0.1) is 4.92 Å². The Morgan fingerprint density at radius 1 is 0.816 bits per heavy atom. The molecule has 12 heteroatoms. The van der Waals surface area contributed by atoms with Crippen molar-refractivity contribution in [3.8, 4) is 23.1 Å². The van der Waals surface area contributed by atoms with Crippen molar-refractivity contribution in [3.63, 3.8) is 0 Å². The van der Waals surface area contributed by atoms with Crippen LogP contribution in [0.25, 0.3) is 0 Å². The molecule has 0 N–H and O–H groups in total. The van der Waals surface area contributed by atoms with Gasteiger partial charge in [0, 0.05) is 42.7 Å². The highest BCUT2D eigenvalue weighted by molar-refractivity contribution is 5.47. The van der Waals surface area contributed by atoms with Crippen LogP contribution >= 0.6 is 0 Å². The smallest absolute Gasteiger partial charge is 0.387 e. The van der Waals surface area contributed by atoms with Gasteiger partial charge in [-0.25, -0.2) is 4.98 Å². The quantitative estimate of drug-likeness (QED) is 0.120. The number of nitro benzene ring substituents is 1. The van der Waals surface area contributed by atoms with Crippen LogP contribution in [-0.4, -0.2) is 28.1 Å². The molecule has 4 rings (SSSR count). The first kappa shape index (κ1) is 26.3. The molecule has 0 aliphatic rings. The van der Waals surface area contributed by atoms with Crippen molar-refractivity contribution in [1.29, 1.82) is 0 Å². The first-order chi connectivity index (χ1) is 18.3. The Morgan fingerprint density at radius 3 is 2.08 bits per heavy atom. The number of ether oxygens (including phenoxy) is 3. The minimum atomic E-state index is -3.25. The minimum Gasteiger partial charge on any atom is -0.439 e. The Morgan fingerprint density at radius 2 is 1.47 bits per heavy atom. The van der Waals surface area contributed by atoms with E-state index in [1.54, 1.807) is 36.7 Å². The van der Waals surface area contributed by atoms with Crippen molar-refractivity contribution in [2.45, 2.75) is 25.6 Å². The molecule has 196 valence electrons. The molecule has 2 aromatic carbocycles. The molecule has 0 saturated carbocycles. The average molecular weight is 529 g/mol. The number of pyridine rings is 2. The zero-order valence-corrected chi connectivity index (χ0v) is 19.4. The highest BCUT2D eigenvalue weighted by Gasteiger charge is 2.21. The normalized spacial score (nSPS) is 11.8. The molecule has 0 fully saturated rings. The average Bonchev–Trinajstić information content (AvgIpc) is 2.89. The van der Waals surface area contributed by atoms with Gasteiger partial charge in [-0.2, -0.15) is 17.6 Å². The first-order valence-electron chi connectivity index (χ1n) is 11.1. The van der Waals surface area contributed by atoms with E-state index >= 15 is 0 Å². The van der Waals surface area contributed by atoms with Crippen molar-refractivity contribution in [3.05, 3.63) is 112 Å². The summed E-state index contributed by atoms with van der Waals surface area (Å²) in [6, 6.07) is 16.2. The van der Waals surface area contributed by atoms with Crippen LogP contribution in [0.5, 0.6) is 23.1 Å². The minimum absolute atomic E-state index is 0.0835. The largest absolute Gasteiger partial charge is 0.439 e. The van der Waals surface area contributed by atoms with Crippen LogP contribution in [0, 0.1) is 10.1 Å². The monoisotopic (exact) mass is 529 g/mol. The van der Waals surface area contributed by atoms with Crippen molar-refractivity contribution < 1.29 is 36.7 Å². The molecule has 0 amide bonds. The number of halogens is 4. The van der Waals surface area contributed by atoms with E-state index in [-0.39, 0.29) is 11.6 Å². The second-order valence-electron chi connectivity index (χ2n) is 7.86. The summed E-state index contributed by atoms with van der Waals surface area (Å²) in [7, 11) is 0. The number of alkyl halides is 4. The van der Waals surface area contributed by atoms with Gasteiger partial charge in [-0.15, -0.1) is 0 Å². The van der Waals surface area contributed by atoms with E-state index in [0.29, 0.717) is 23.3 Å². The zero-order chi connectivity index (χ0) is 27.1. The molecule has 4 aromatic rings. The topological polar surface area (TPSA) is 96.6 Å².